The third-order valence-corrected chi connectivity index (χ3v) is 5.86. The number of carbonyl (C=O) groups excluding carboxylic acids is 1. The van der Waals surface area contributed by atoms with Crippen LogP contribution in [0.3, 0.4) is 0 Å². The number of hydrazone groups is 1. The number of nitrogens with one attached hydrogen (secondary N) is 1. The molecule has 0 fully saturated rings. The first-order valence-electron chi connectivity index (χ1n) is 12.0. The van der Waals surface area contributed by atoms with E-state index in [1.165, 1.54) is 18.3 Å². The highest BCUT2D eigenvalue weighted by Gasteiger charge is 2.12. The molecule has 0 atom stereocenters. The molecule has 0 aliphatic rings. The van der Waals surface area contributed by atoms with Crippen LogP contribution < -0.4 is 19.6 Å². The molecule has 4 rings (SSSR count). The zero-order valence-corrected chi connectivity index (χ0v) is 22.3. The van der Waals surface area contributed by atoms with Gasteiger partial charge < -0.3 is 14.2 Å². The fourth-order valence-corrected chi connectivity index (χ4v) is 3.92. The molecule has 4 aromatic rings. The van der Waals surface area contributed by atoms with E-state index in [1.807, 2.05) is 49.4 Å². The number of amides is 1. The largest absolute Gasteiger partial charge is 0.490 e. The van der Waals surface area contributed by atoms with E-state index in [-0.39, 0.29) is 12.4 Å². The molecule has 38 heavy (non-hydrogen) atoms. The van der Waals surface area contributed by atoms with E-state index >= 15 is 0 Å². The first kappa shape index (κ1) is 26.9. The average molecular weight is 577 g/mol. The summed E-state index contributed by atoms with van der Waals surface area (Å²) >= 11 is 3.44. The van der Waals surface area contributed by atoms with Gasteiger partial charge in [-0.05, 0) is 66.6 Å². The summed E-state index contributed by atoms with van der Waals surface area (Å²) < 4.78 is 31.8. The number of hydrogen-bond acceptors (Lipinski definition) is 5. The molecular formula is C30H26BrFN2O4. The van der Waals surface area contributed by atoms with Crippen molar-refractivity contribution < 1.29 is 23.4 Å². The maximum Gasteiger partial charge on any atom is 0.271 e. The fourth-order valence-electron chi connectivity index (χ4n) is 3.54. The van der Waals surface area contributed by atoms with Gasteiger partial charge in [0.05, 0.1) is 12.8 Å². The lowest BCUT2D eigenvalue weighted by molar-refractivity contribution is 0.0954. The molecule has 8 heteroatoms. The average Bonchev–Trinajstić information content (AvgIpc) is 2.92. The number of benzene rings is 4. The number of hydrogen-bond donors (Lipinski definition) is 1. The summed E-state index contributed by atoms with van der Waals surface area (Å²) in [4.78, 5) is 12.8. The Bertz CT molecular complexity index is 1410. The van der Waals surface area contributed by atoms with E-state index in [0.717, 1.165) is 10.0 Å². The van der Waals surface area contributed by atoms with Crippen LogP contribution in [0.15, 0.2) is 101 Å². The second-order valence-corrected chi connectivity index (χ2v) is 9.08. The Morgan fingerprint density at radius 1 is 0.842 bits per heavy atom. The first-order valence-corrected chi connectivity index (χ1v) is 12.7. The summed E-state index contributed by atoms with van der Waals surface area (Å²) in [5.41, 5.74) is 5.27. The number of rotatable bonds is 11. The summed E-state index contributed by atoms with van der Waals surface area (Å²) in [6.45, 7) is 2.86. The molecule has 0 aromatic heterocycles. The molecule has 0 bridgehead atoms. The standard InChI is InChI=1S/C30H26BrFN2O4/c1-2-36-29-17-23(11-13-28(29)38-19-21-7-4-3-5-8-21)30(35)34-33-18-24-16-25(31)12-14-27(24)37-20-22-9-6-10-26(32)15-22/h3-18H,2,19-20H2,1H3,(H,34,35)/b33-18+. The van der Waals surface area contributed by atoms with E-state index in [0.29, 0.717) is 47.2 Å². The van der Waals surface area contributed by atoms with Crippen LogP contribution in [-0.4, -0.2) is 18.7 Å². The quantitative estimate of drug-likeness (QED) is 0.155. The molecule has 1 amide bonds. The smallest absolute Gasteiger partial charge is 0.271 e. The molecule has 0 heterocycles. The Hall–Kier alpha value is -4.17. The lowest BCUT2D eigenvalue weighted by Gasteiger charge is -2.13. The van der Waals surface area contributed by atoms with Gasteiger partial charge in [0.15, 0.2) is 11.5 Å². The summed E-state index contributed by atoms with van der Waals surface area (Å²) in [5, 5.41) is 4.11. The first-order chi connectivity index (χ1) is 18.5. The Morgan fingerprint density at radius 3 is 2.37 bits per heavy atom. The van der Waals surface area contributed by atoms with Gasteiger partial charge >= 0.3 is 0 Å². The molecule has 0 radical (unpaired) electrons. The van der Waals surface area contributed by atoms with Crippen molar-refractivity contribution in [1.82, 2.24) is 5.43 Å². The minimum absolute atomic E-state index is 0.186. The maximum absolute atomic E-state index is 13.5. The van der Waals surface area contributed by atoms with Crippen LogP contribution >= 0.6 is 15.9 Å². The van der Waals surface area contributed by atoms with E-state index in [2.05, 4.69) is 26.5 Å². The lowest BCUT2D eigenvalue weighted by atomic mass is 10.2. The monoisotopic (exact) mass is 576 g/mol. The van der Waals surface area contributed by atoms with Crippen molar-refractivity contribution in [1.29, 1.82) is 0 Å². The van der Waals surface area contributed by atoms with Crippen molar-refractivity contribution in [2.24, 2.45) is 5.10 Å². The van der Waals surface area contributed by atoms with Crippen molar-refractivity contribution in [2.45, 2.75) is 20.1 Å². The third-order valence-electron chi connectivity index (χ3n) is 5.37. The van der Waals surface area contributed by atoms with Crippen LogP contribution in [0.2, 0.25) is 0 Å². The molecule has 0 aliphatic heterocycles. The van der Waals surface area contributed by atoms with Gasteiger partial charge in [-0.2, -0.15) is 5.10 Å². The second kappa shape index (κ2) is 13.4. The molecule has 4 aromatic carbocycles. The molecule has 0 spiro atoms. The van der Waals surface area contributed by atoms with Crippen LogP contribution in [0, 0.1) is 5.82 Å². The molecule has 6 nitrogen and oxygen atoms in total. The zero-order chi connectivity index (χ0) is 26.7. The van der Waals surface area contributed by atoms with Crippen molar-refractivity contribution in [3.05, 3.63) is 124 Å². The van der Waals surface area contributed by atoms with Gasteiger partial charge in [-0.25, -0.2) is 9.82 Å². The van der Waals surface area contributed by atoms with Gasteiger partial charge in [0.1, 0.15) is 24.8 Å². The number of carbonyl (C=O) groups is 1. The highest BCUT2D eigenvalue weighted by atomic mass is 79.9. The minimum Gasteiger partial charge on any atom is -0.490 e. The lowest BCUT2D eigenvalue weighted by Crippen LogP contribution is -2.18. The number of nitrogens with zero attached hydrogens (tertiary/aromatic N) is 1. The summed E-state index contributed by atoms with van der Waals surface area (Å²) in [5.74, 6) is 0.822. The third kappa shape index (κ3) is 7.66. The van der Waals surface area contributed by atoms with Gasteiger partial charge in [0, 0.05) is 15.6 Å². The zero-order valence-electron chi connectivity index (χ0n) is 20.7. The summed E-state index contributed by atoms with van der Waals surface area (Å²) in [6.07, 6.45) is 1.49. The van der Waals surface area contributed by atoms with Crippen molar-refractivity contribution >= 4 is 28.1 Å². The van der Waals surface area contributed by atoms with E-state index in [9.17, 15) is 9.18 Å². The summed E-state index contributed by atoms with van der Waals surface area (Å²) in [7, 11) is 0. The SMILES string of the molecule is CCOc1cc(C(=O)N/N=C/c2cc(Br)ccc2OCc2cccc(F)c2)ccc1OCc1ccccc1. The van der Waals surface area contributed by atoms with Crippen LogP contribution in [0.4, 0.5) is 4.39 Å². The second-order valence-electron chi connectivity index (χ2n) is 8.17. The highest BCUT2D eigenvalue weighted by Crippen LogP contribution is 2.29. The Labute approximate surface area is 229 Å². The van der Waals surface area contributed by atoms with Crippen LogP contribution in [-0.2, 0) is 13.2 Å². The van der Waals surface area contributed by atoms with Crippen LogP contribution in [0.25, 0.3) is 0 Å². The Kier molecular flexibility index (Phi) is 9.48. The van der Waals surface area contributed by atoms with Crippen molar-refractivity contribution in [3.8, 4) is 17.2 Å². The molecule has 0 unspecified atom stereocenters. The van der Waals surface area contributed by atoms with Crippen LogP contribution in [0.1, 0.15) is 34.0 Å². The highest BCUT2D eigenvalue weighted by molar-refractivity contribution is 9.10. The Morgan fingerprint density at radius 2 is 1.58 bits per heavy atom. The van der Waals surface area contributed by atoms with E-state index < -0.39 is 5.91 Å². The van der Waals surface area contributed by atoms with E-state index in [4.69, 9.17) is 14.2 Å². The van der Waals surface area contributed by atoms with Gasteiger partial charge in [-0.15, -0.1) is 0 Å². The fraction of sp³-hybridized carbons (Fsp3) is 0.133. The number of halogens is 2. The van der Waals surface area contributed by atoms with Gasteiger partial charge in [-0.3, -0.25) is 4.79 Å². The maximum atomic E-state index is 13.5. The minimum atomic E-state index is -0.408. The van der Waals surface area contributed by atoms with Gasteiger partial charge in [0.25, 0.3) is 5.91 Å². The molecule has 1 N–H and O–H groups in total. The number of ether oxygens (including phenoxy) is 3. The molecular weight excluding hydrogens is 551 g/mol. The summed E-state index contributed by atoms with van der Waals surface area (Å²) in [6, 6.07) is 26.4. The normalized spacial score (nSPS) is 10.8. The Balaban J connectivity index is 1.41. The van der Waals surface area contributed by atoms with Crippen molar-refractivity contribution in [2.75, 3.05) is 6.61 Å². The van der Waals surface area contributed by atoms with Gasteiger partial charge in [-0.1, -0.05) is 58.4 Å². The molecule has 194 valence electrons. The van der Waals surface area contributed by atoms with Crippen molar-refractivity contribution in [3.63, 3.8) is 0 Å². The predicted octanol–water partition coefficient (Wildman–Crippen LogP) is 6.91. The molecule has 0 saturated carbocycles. The van der Waals surface area contributed by atoms with E-state index in [1.54, 1.807) is 36.4 Å². The predicted molar refractivity (Wildman–Crippen MR) is 148 cm³/mol. The van der Waals surface area contributed by atoms with Gasteiger partial charge in [0.2, 0.25) is 0 Å². The molecule has 0 saturated heterocycles. The van der Waals surface area contributed by atoms with Crippen LogP contribution in [0.5, 0.6) is 17.2 Å². The topological polar surface area (TPSA) is 69.2 Å². The molecule has 0 aliphatic carbocycles.